The molecule has 2 heteroatoms. The summed E-state index contributed by atoms with van der Waals surface area (Å²) in [7, 11) is 0. The quantitative estimate of drug-likeness (QED) is 0.642. The van der Waals surface area contributed by atoms with Gasteiger partial charge in [0.2, 0.25) is 0 Å². The van der Waals surface area contributed by atoms with Gasteiger partial charge in [0.1, 0.15) is 5.82 Å². The lowest BCUT2D eigenvalue weighted by atomic mass is 10.1. The maximum Gasteiger partial charge on any atom is 0.126 e. The van der Waals surface area contributed by atoms with Gasteiger partial charge in [0.15, 0.2) is 0 Å². The number of hydrogen-bond donors (Lipinski definition) is 0. The Morgan fingerprint density at radius 3 is 2.33 bits per heavy atom. The van der Waals surface area contributed by atoms with Crippen LogP contribution in [0.4, 0.5) is 4.39 Å². The third-order valence-corrected chi connectivity index (χ3v) is 2.13. The zero-order chi connectivity index (χ0) is 9.56. The summed E-state index contributed by atoms with van der Waals surface area (Å²) < 4.78 is 12.7. The molecule has 0 radical (unpaired) electrons. The van der Waals surface area contributed by atoms with Crippen LogP contribution < -0.4 is 0 Å². The van der Waals surface area contributed by atoms with Crippen LogP contribution in [0.1, 0.15) is 25.0 Å². The Balaban J connectivity index is 0.000000561. The van der Waals surface area contributed by atoms with Gasteiger partial charge >= 0.3 is 0 Å². The van der Waals surface area contributed by atoms with Gasteiger partial charge in [0.25, 0.3) is 0 Å². The van der Waals surface area contributed by atoms with Crippen LogP contribution in [0.3, 0.4) is 0 Å². The Morgan fingerprint density at radius 2 is 1.92 bits per heavy atom. The number of benzene rings is 1. The summed E-state index contributed by atoms with van der Waals surface area (Å²) in [6.45, 7) is 5.78. The fraction of sp³-hybridized carbons (Fsp3) is 0.400. The Labute approximate surface area is 81.9 Å². The second-order valence-electron chi connectivity index (χ2n) is 2.16. The first-order chi connectivity index (χ1) is 5.75. The molecule has 0 nitrogen and oxygen atoms in total. The first kappa shape index (κ1) is 11.6. The van der Waals surface area contributed by atoms with Gasteiger partial charge in [-0.3, -0.25) is 0 Å². The first-order valence-electron chi connectivity index (χ1n) is 4.05. The molecule has 12 heavy (non-hydrogen) atoms. The highest BCUT2D eigenvalue weighted by Gasteiger charge is 1.99. The zero-order valence-corrected chi connectivity index (χ0v) is 9.28. The molecule has 0 aliphatic carbocycles. The molecule has 0 aliphatic heterocycles. The Bertz CT molecular complexity index is 233. The van der Waals surface area contributed by atoms with Gasteiger partial charge in [-0.05, 0) is 24.1 Å². The van der Waals surface area contributed by atoms with E-state index in [1.54, 1.807) is 13.0 Å². The fourth-order valence-corrected chi connectivity index (χ4v) is 1.40. The highest BCUT2D eigenvalue weighted by atomic mass is 79.9. The van der Waals surface area contributed by atoms with Crippen LogP contribution in [0.2, 0.25) is 0 Å². The van der Waals surface area contributed by atoms with E-state index >= 15 is 0 Å². The van der Waals surface area contributed by atoms with E-state index in [1.807, 2.05) is 19.9 Å². The largest absolute Gasteiger partial charge is 0.207 e. The van der Waals surface area contributed by atoms with Crippen LogP contribution in [0.5, 0.6) is 0 Å². The molecule has 0 spiro atoms. The molecule has 0 atom stereocenters. The summed E-state index contributed by atoms with van der Waals surface area (Å²) in [4.78, 5) is 0. The van der Waals surface area contributed by atoms with E-state index in [1.165, 1.54) is 6.07 Å². The second-order valence-corrected chi connectivity index (χ2v) is 2.72. The van der Waals surface area contributed by atoms with Crippen molar-refractivity contribution in [1.82, 2.24) is 0 Å². The molecule has 0 heterocycles. The molecule has 1 rings (SSSR count). The Hall–Kier alpha value is -0.370. The SMILES string of the molecule is CC.Cc1c(F)cccc1CBr. The van der Waals surface area contributed by atoms with Crippen molar-refractivity contribution in [1.29, 1.82) is 0 Å². The minimum Gasteiger partial charge on any atom is -0.207 e. The number of alkyl halides is 1. The molecule has 0 saturated heterocycles. The van der Waals surface area contributed by atoms with E-state index < -0.39 is 0 Å². The molecule has 1 aromatic carbocycles. The average molecular weight is 233 g/mol. The maximum atomic E-state index is 12.7. The van der Waals surface area contributed by atoms with E-state index in [0.29, 0.717) is 0 Å². The van der Waals surface area contributed by atoms with E-state index in [2.05, 4.69) is 15.9 Å². The molecule has 0 fully saturated rings. The summed E-state index contributed by atoms with van der Waals surface area (Å²) >= 11 is 3.28. The highest BCUT2D eigenvalue weighted by Crippen LogP contribution is 2.14. The minimum atomic E-state index is -0.128. The van der Waals surface area contributed by atoms with Crippen LogP contribution in [-0.2, 0) is 5.33 Å². The second kappa shape index (κ2) is 6.18. The summed E-state index contributed by atoms with van der Waals surface area (Å²) in [6.07, 6.45) is 0. The van der Waals surface area contributed by atoms with Crippen LogP contribution in [-0.4, -0.2) is 0 Å². The molecule has 0 N–H and O–H groups in total. The zero-order valence-electron chi connectivity index (χ0n) is 7.70. The normalized spacial score (nSPS) is 8.75. The summed E-state index contributed by atoms with van der Waals surface area (Å²) in [5.74, 6) is -0.128. The van der Waals surface area contributed by atoms with Crippen molar-refractivity contribution in [2.24, 2.45) is 0 Å². The molecule has 0 aromatic heterocycles. The molecular formula is C10H14BrF. The lowest BCUT2D eigenvalue weighted by Crippen LogP contribution is -1.87. The Morgan fingerprint density at radius 1 is 1.33 bits per heavy atom. The molecular weight excluding hydrogens is 219 g/mol. The molecule has 0 aliphatic rings. The van der Waals surface area contributed by atoms with Crippen LogP contribution in [0, 0.1) is 12.7 Å². The molecule has 0 saturated carbocycles. The monoisotopic (exact) mass is 232 g/mol. The van der Waals surface area contributed by atoms with Crippen molar-refractivity contribution in [3.8, 4) is 0 Å². The molecule has 0 unspecified atom stereocenters. The van der Waals surface area contributed by atoms with Gasteiger partial charge in [0, 0.05) is 5.33 Å². The van der Waals surface area contributed by atoms with Crippen molar-refractivity contribution in [3.63, 3.8) is 0 Å². The lowest BCUT2D eigenvalue weighted by molar-refractivity contribution is 0.617. The molecule has 1 aromatic rings. The number of rotatable bonds is 1. The van der Waals surface area contributed by atoms with Crippen molar-refractivity contribution < 1.29 is 4.39 Å². The van der Waals surface area contributed by atoms with Crippen molar-refractivity contribution in [3.05, 3.63) is 35.1 Å². The van der Waals surface area contributed by atoms with E-state index in [-0.39, 0.29) is 5.82 Å². The number of hydrogen-bond acceptors (Lipinski definition) is 0. The van der Waals surface area contributed by atoms with Gasteiger partial charge in [-0.25, -0.2) is 4.39 Å². The summed E-state index contributed by atoms with van der Waals surface area (Å²) in [6, 6.07) is 5.10. The average Bonchev–Trinajstić information content (AvgIpc) is 2.13. The molecule has 68 valence electrons. The van der Waals surface area contributed by atoms with E-state index in [0.717, 1.165) is 16.5 Å². The molecule has 0 amide bonds. The van der Waals surface area contributed by atoms with Crippen molar-refractivity contribution in [2.75, 3.05) is 0 Å². The standard InChI is InChI=1S/C8H8BrF.C2H6/c1-6-7(5-9)3-2-4-8(6)10;1-2/h2-4H,5H2,1H3;1-2H3. The number of halogens is 2. The van der Waals surface area contributed by atoms with Crippen LogP contribution in [0.15, 0.2) is 18.2 Å². The predicted molar refractivity (Wildman–Crippen MR) is 55.1 cm³/mol. The van der Waals surface area contributed by atoms with Gasteiger partial charge in [-0.1, -0.05) is 41.9 Å². The van der Waals surface area contributed by atoms with E-state index in [4.69, 9.17) is 0 Å². The first-order valence-corrected chi connectivity index (χ1v) is 5.18. The minimum absolute atomic E-state index is 0.128. The van der Waals surface area contributed by atoms with E-state index in [9.17, 15) is 4.39 Å². The fourth-order valence-electron chi connectivity index (χ4n) is 0.797. The Kier molecular flexibility index (Phi) is 5.99. The van der Waals surface area contributed by atoms with Crippen LogP contribution in [0.25, 0.3) is 0 Å². The van der Waals surface area contributed by atoms with Gasteiger partial charge in [0.05, 0.1) is 0 Å². The summed E-state index contributed by atoms with van der Waals surface area (Å²) in [5, 5.41) is 0.719. The third-order valence-electron chi connectivity index (χ3n) is 1.52. The predicted octanol–water partition coefficient (Wildman–Crippen LogP) is 4.06. The highest BCUT2D eigenvalue weighted by molar-refractivity contribution is 9.08. The van der Waals surface area contributed by atoms with Gasteiger partial charge < -0.3 is 0 Å². The summed E-state index contributed by atoms with van der Waals surface area (Å²) in [5.41, 5.74) is 1.75. The van der Waals surface area contributed by atoms with Crippen molar-refractivity contribution >= 4 is 15.9 Å². The smallest absolute Gasteiger partial charge is 0.126 e. The lowest BCUT2D eigenvalue weighted by Gasteiger charge is -2.00. The van der Waals surface area contributed by atoms with Gasteiger partial charge in [-0.15, -0.1) is 0 Å². The third kappa shape index (κ3) is 2.94. The topological polar surface area (TPSA) is 0 Å². The maximum absolute atomic E-state index is 12.7. The van der Waals surface area contributed by atoms with Crippen molar-refractivity contribution in [2.45, 2.75) is 26.1 Å². The molecule has 0 bridgehead atoms. The van der Waals surface area contributed by atoms with Crippen LogP contribution >= 0.6 is 15.9 Å². The van der Waals surface area contributed by atoms with Gasteiger partial charge in [-0.2, -0.15) is 0 Å².